The Morgan fingerprint density at radius 1 is 0.424 bits per heavy atom. The minimum absolute atomic E-state index is 0.0621. The fourth-order valence-electron chi connectivity index (χ4n) is 9.56. The van der Waals surface area contributed by atoms with Crippen LogP contribution in [0.2, 0.25) is 15.9 Å². The molecule has 4 unspecified atom stereocenters. The zero-order chi connectivity index (χ0) is 62.4. The number of aliphatic hydroxyl groups excluding tert-OH is 12. The number of nitrogens with two attached hydrogens (primary N) is 4. The highest BCUT2D eigenvalue weighted by atomic mass is 80.9. The Kier molecular flexibility index (Phi) is 21.1. The monoisotopic (exact) mass is 1450 g/mol. The van der Waals surface area contributed by atoms with Crippen LogP contribution in [0.3, 0.4) is 0 Å². The molecule has 0 radical (unpaired) electrons. The third kappa shape index (κ3) is 12.7. The van der Waals surface area contributed by atoms with Crippen molar-refractivity contribution in [3.8, 4) is 0 Å². The molecule has 4 fully saturated rings. The lowest BCUT2D eigenvalue weighted by Gasteiger charge is -2.18. The number of anilines is 4. The highest BCUT2D eigenvalue weighted by Gasteiger charge is 2.48. The molecule has 464 valence electrons. The number of imidazole rings is 4. The van der Waals surface area contributed by atoms with Crippen LogP contribution in [0.25, 0.3) is 44.7 Å². The van der Waals surface area contributed by atoms with Crippen LogP contribution in [0.15, 0.2) is 11.1 Å². The second-order valence-corrected chi connectivity index (χ2v) is 20.6. The van der Waals surface area contributed by atoms with Gasteiger partial charge in [-0.05, 0) is 71.5 Å². The maximum atomic E-state index is 10.1. The lowest BCUT2D eigenvalue weighted by atomic mass is 10.1. The highest BCUT2D eigenvalue weighted by molar-refractivity contribution is 9.93. The van der Waals surface area contributed by atoms with Crippen molar-refractivity contribution in [1.29, 1.82) is 0 Å². The molecule has 0 saturated carbocycles. The van der Waals surface area contributed by atoms with E-state index in [4.69, 9.17) is 92.0 Å². The van der Waals surface area contributed by atoms with E-state index < -0.39 is 125 Å². The number of nitrogens with zero attached hydrogens (tertiary/aromatic N) is 16. The lowest BCUT2D eigenvalue weighted by molar-refractivity contribution is -0.0521. The Bertz CT molecular complexity index is 3390. The van der Waals surface area contributed by atoms with Crippen LogP contribution in [0.5, 0.6) is 0 Å². The van der Waals surface area contributed by atoms with Gasteiger partial charge in [0.25, 0.3) is 0 Å². The molecule has 20 N–H and O–H groups in total. The van der Waals surface area contributed by atoms with Crippen molar-refractivity contribution in [2.75, 3.05) is 49.4 Å². The quantitative estimate of drug-likeness (QED) is 0.0549. The Morgan fingerprint density at radius 2 is 0.741 bits per heavy atom. The zero-order valence-electron chi connectivity index (χ0n) is 43.9. The third-order valence-corrected chi connectivity index (χ3v) is 14.7. The van der Waals surface area contributed by atoms with E-state index in [-0.39, 0.29) is 60.7 Å². The molecule has 12 heterocycles. The number of ether oxygens (including phenoxy) is 4. The molecule has 4 aliphatic rings. The molecule has 4 saturated heterocycles. The molecule has 85 heavy (non-hydrogen) atoms. The zero-order valence-corrected chi connectivity index (χ0v) is 50.9. The van der Waals surface area contributed by atoms with Crippen molar-refractivity contribution >= 4 is 147 Å². The number of aryl methyl sites for hydroxylation is 3. The van der Waals surface area contributed by atoms with Gasteiger partial charge in [-0.1, -0.05) is 0 Å². The maximum absolute atomic E-state index is 10.1. The molecule has 12 rings (SSSR count). The van der Waals surface area contributed by atoms with E-state index in [0.717, 1.165) is 0 Å². The van der Waals surface area contributed by atoms with E-state index in [1.807, 2.05) is 0 Å². The Hall–Kier alpha value is -4.93. The molecule has 0 spiro atoms. The molecule has 0 amide bonds. The molecule has 8 aromatic rings. The predicted octanol–water partition coefficient (Wildman–Crippen LogP) is -2.58. The van der Waals surface area contributed by atoms with Crippen LogP contribution in [0.1, 0.15) is 42.4 Å². The summed E-state index contributed by atoms with van der Waals surface area (Å²) in [5.41, 5.74) is 25.6. The van der Waals surface area contributed by atoms with Crippen LogP contribution in [-0.2, 0) is 18.9 Å². The van der Waals surface area contributed by atoms with E-state index >= 15 is 0 Å². The molecule has 0 aromatic carbocycles. The number of nitrogen functional groups attached to an aromatic ring is 4. The largest absolute Gasteiger partial charge is 0.394 e. The van der Waals surface area contributed by atoms with Crippen LogP contribution >= 0.6 is 79.0 Å². The van der Waals surface area contributed by atoms with Gasteiger partial charge >= 0.3 is 0 Å². The van der Waals surface area contributed by atoms with Gasteiger partial charge in [-0.2, -0.15) is 29.9 Å². The highest BCUT2D eigenvalue weighted by Crippen LogP contribution is 2.38. The summed E-state index contributed by atoms with van der Waals surface area (Å²) in [6, 6.07) is 0. The second-order valence-electron chi connectivity index (χ2n) is 18.9. The van der Waals surface area contributed by atoms with Crippen LogP contribution in [-0.4, -0.2) is 239 Å². The molecule has 42 heteroatoms. The number of hydrogen-bond donors (Lipinski definition) is 16. The molecule has 16 atom stereocenters. The first-order valence-corrected chi connectivity index (χ1v) is 30.3. The van der Waals surface area contributed by atoms with E-state index in [1.165, 1.54) is 20.0 Å². The molecular weight excluding hydrogens is 1400 g/mol. The summed E-state index contributed by atoms with van der Waals surface area (Å²) >= 11 is 26.0. The maximum Gasteiger partial charge on any atom is 0.226 e. The summed E-state index contributed by atoms with van der Waals surface area (Å²) in [6.07, 6.45) is -15.8. The Morgan fingerprint density at radius 3 is 1.14 bits per heavy atom. The van der Waals surface area contributed by atoms with Gasteiger partial charge in [0.1, 0.15) is 96.2 Å². The molecule has 36 nitrogen and oxygen atoms in total. The number of halogens is 6. The average Bonchev–Trinajstić information content (AvgIpc) is 2.40. The fourth-order valence-corrected chi connectivity index (χ4v) is 10.6. The Balaban J connectivity index is 0.000000146. The molecule has 4 aliphatic heterocycles. The summed E-state index contributed by atoms with van der Waals surface area (Å²) < 4.78 is 27.9. The van der Waals surface area contributed by atoms with Crippen molar-refractivity contribution in [3.05, 3.63) is 44.4 Å². The number of aliphatic hydroxyl groups is 12. The summed E-state index contributed by atoms with van der Waals surface area (Å²) in [4.78, 5) is 48.5. The lowest BCUT2D eigenvalue weighted by Crippen LogP contribution is -2.33. The molecular formula is C43H54Br3Cl3N20O16. The van der Waals surface area contributed by atoms with Crippen molar-refractivity contribution < 1.29 is 80.2 Å². The van der Waals surface area contributed by atoms with Gasteiger partial charge in [0, 0.05) is 28.3 Å². The number of hydrogen-bond acceptors (Lipinski definition) is 32. The van der Waals surface area contributed by atoms with Crippen molar-refractivity contribution in [2.45, 2.75) is 119 Å². The smallest absolute Gasteiger partial charge is 0.226 e. The number of rotatable bonds is 8. The summed E-state index contributed by atoms with van der Waals surface area (Å²) in [5.74, 6) is 1.98. The van der Waals surface area contributed by atoms with Gasteiger partial charge in [-0.25, -0.2) is 29.9 Å². The summed E-state index contributed by atoms with van der Waals surface area (Å²) in [5, 5.41) is 116. The first-order chi connectivity index (χ1) is 40.3. The molecule has 0 bridgehead atoms. The summed E-state index contributed by atoms with van der Waals surface area (Å²) in [6.45, 7) is 3.42. The van der Waals surface area contributed by atoms with Crippen LogP contribution in [0, 0.1) is 20.8 Å². The van der Waals surface area contributed by atoms with E-state index in [0.29, 0.717) is 45.3 Å². The number of aromatic nitrogens is 16. The van der Waals surface area contributed by atoms with Gasteiger partial charge in [-0.15, -0.1) is 0 Å². The summed E-state index contributed by atoms with van der Waals surface area (Å²) in [7, 11) is 0. The third-order valence-electron chi connectivity index (χ3n) is 13.6. The van der Waals surface area contributed by atoms with Crippen molar-refractivity contribution in [1.82, 2.24) is 78.1 Å². The fraction of sp³-hybridized carbons (Fsp3) is 0.535. The first kappa shape index (κ1) is 66.0. The van der Waals surface area contributed by atoms with Gasteiger partial charge in [0.05, 0.1) is 32.8 Å². The molecule has 0 aliphatic carbocycles. The SMILES string of the molecule is BrBr.Cc1nc(N)c2nc(C)n([C@@H]3O[C@H](CO)C(O)[C@@H]3O)c2n1.Cc1nc2c(N)nc(Cl)nc2n1[C@@H]1O[C@H](CO)C(O)[C@@H]1O.Nc1nc(Cl)nc2c1nc(Br)n2[C@@H]1O[C@H](CO)C(O)[C@@H]1O.Nc1nc(Cl)nc2c1ncn2[C@@H]1O[C@H](CO)C(O)[C@@H]1O. The van der Waals surface area contributed by atoms with Crippen LogP contribution < -0.4 is 22.9 Å². The normalized spacial score (nSPS) is 29.0. The van der Waals surface area contributed by atoms with E-state index in [9.17, 15) is 46.0 Å². The van der Waals surface area contributed by atoms with Crippen molar-refractivity contribution in [2.24, 2.45) is 0 Å². The minimum atomic E-state index is -1.27. The predicted molar refractivity (Wildman–Crippen MR) is 306 cm³/mol. The van der Waals surface area contributed by atoms with Gasteiger partial charge in [-0.3, -0.25) is 18.3 Å². The van der Waals surface area contributed by atoms with Gasteiger partial charge in [0.15, 0.2) is 92.1 Å². The Labute approximate surface area is 514 Å². The standard InChI is InChI=1S/C12H17N5O4.C11H14ClN5O4.C10H11BrClN5O4.C10H12ClN5O4.Br2/c1-4-14-10(13)7-11(15-4)17(5(2)16-7)12-9(20)8(19)6(3-18)21-12;1-3-14-5-8(13)15-11(12)16-9(5)17(3)10-7(20)6(19)4(2-18)21-10;11-9-14-3-6(13)15-10(12)16-7(3)17(9)8-5(20)4(19)2(1-18)21-8;11-10-14-7(12)4-8(15-10)16(2-13-4)9-6(19)5(18)3(1-17)20-9;1-2/h6,8-9,12,18-20H,3H2,1-2H3,(H2,13,14,15);4,6-7,10,18-20H,2H2,1H3,(H2,13,15,16);2,4-5,8,18-20H,1H2,(H2,13,15,16);2-3,5-6,9,17-19H,1H2,(H2,12,14,15);/t6-,8?,9+,12-;4-,6?,7+,10-;2-,4?,5+,8-;3-,5?,6+,9-;/m1111./s1. The van der Waals surface area contributed by atoms with Gasteiger partial charge in [0.2, 0.25) is 15.9 Å². The second kappa shape index (κ2) is 27.2. The van der Waals surface area contributed by atoms with E-state index in [1.54, 1.807) is 25.3 Å². The number of fused-ring (bicyclic) bond motifs is 4. The van der Waals surface area contributed by atoms with E-state index in [2.05, 4.69) is 104 Å². The first-order valence-electron chi connectivity index (χ1n) is 24.7. The average molecular weight is 1450 g/mol. The van der Waals surface area contributed by atoms with Gasteiger partial charge < -0.3 is 103 Å². The minimum Gasteiger partial charge on any atom is -0.394 e. The van der Waals surface area contributed by atoms with Crippen molar-refractivity contribution in [3.63, 3.8) is 0 Å². The van der Waals surface area contributed by atoms with Crippen LogP contribution in [0.4, 0.5) is 23.3 Å². The topological polar surface area (TPSA) is 558 Å². The molecule has 8 aromatic heterocycles.